The van der Waals surface area contributed by atoms with E-state index in [1.165, 1.54) is 0 Å². The standard InChI is InChI=1S/C23H29N5O5/c1-3-5-18(30)26-23(10-12-27(2)13-11-23)25-15-7-4-6-14-19(15)22(33)28(21(14)32)16-8-9-17(29)24-20(16)31/h4,6-7,16,25H,3,5,8-13H2,1-2H3,(H,26,30)(H,24,29,31). The third-order valence-electron chi connectivity index (χ3n) is 6.54. The zero-order chi connectivity index (χ0) is 23.8. The van der Waals surface area contributed by atoms with Gasteiger partial charge in [0, 0.05) is 44.5 Å². The van der Waals surface area contributed by atoms with Crippen LogP contribution >= 0.6 is 0 Å². The number of nitrogens with one attached hydrogen (secondary N) is 3. The Morgan fingerprint density at radius 2 is 1.88 bits per heavy atom. The second kappa shape index (κ2) is 8.93. The third-order valence-corrected chi connectivity index (χ3v) is 6.54. The Morgan fingerprint density at radius 1 is 1.15 bits per heavy atom. The number of piperidine rings is 2. The average molecular weight is 456 g/mol. The maximum absolute atomic E-state index is 13.4. The van der Waals surface area contributed by atoms with Gasteiger partial charge in [0.25, 0.3) is 11.8 Å². The molecule has 1 atom stereocenters. The molecule has 1 unspecified atom stereocenters. The van der Waals surface area contributed by atoms with Gasteiger partial charge in [-0.05, 0) is 32.0 Å². The van der Waals surface area contributed by atoms with E-state index in [0.29, 0.717) is 24.9 Å². The number of rotatable bonds is 6. The number of amides is 5. The Kier molecular flexibility index (Phi) is 6.20. The summed E-state index contributed by atoms with van der Waals surface area (Å²) in [5.74, 6) is -2.26. The number of nitrogens with zero attached hydrogens (tertiary/aromatic N) is 2. The number of imide groups is 2. The minimum atomic E-state index is -1.02. The smallest absolute Gasteiger partial charge is 0.264 e. The minimum absolute atomic E-state index is 0.0645. The van der Waals surface area contributed by atoms with Gasteiger partial charge in [-0.2, -0.15) is 0 Å². The molecule has 3 N–H and O–H groups in total. The van der Waals surface area contributed by atoms with Crippen molar-refractivity contribution in [1.82, 2.24) is 20.4 Å². The van der Waals surface area contributed by atoms with Crippen LogP contribution in [0, 0.1) is 0 Å². The lowest BCUT2D eigenvalue weighted by atomic mass is 9.95. The van der Waals surface area contributed by atoms with Crippen LogP contribution in [0.4, 0.5) is 5.69 Å². The van der Waals surface area contributed by atoms with E-state index in [-0.39, 0.29) is 29.9 Å². The van der Waals surface area contributed by atoms with Crippen molar-refractivity contribution in [3.63, 3.8) is 0 Å². The van der Waals surface area contributed by atoms with Gasteiger partial charge in [0.2, 0.25) is 17.7 Å². The lowest BCUT2D eigenvalue weighted by Gasteiger charge is -2.42. The van der Waals surface area contributed by atoms with Gasteiger partial charge in [0.1, 0.15) is 11.7 Å². The third kappa shape index (κ3) is 4.35. The van der Waals surface area contributed by atoms with Gasteiger partial charge in [-0.1, -0.05) is 13.0 Å². The summed E-state index contributed by atoms with van der Waals surface area (Å²) >= 11 is 0. The van der Waals surface area contributed by atoms with Crippen molar-refractivity contribution in [2.24, 2.45) is 0 Å². The fraction of sp³-hybridized carbons (Fsp3) is 0.522. The molecule has 10 nitrogen and oxygen atoms in total. The van der Waals surface area contributed by atoms with Crippen LogP contribution < -0.4 is 16.0 Å². The van der Waals surface area contributed by atoms with Crippen molar-refractivity contribution in [3.05, 3.63) is 29.3 Å². The van der Waals surface area contributed by atoms with Crippen molar-refractivity contribution in [2.45, 2.75) is 57.2 Å². The topological polar surface area (TPSA) is 128 Å². The lowest BCUT2D eigenvalue weighted by Crippen LogP contribution is -2.59. The van der Waals surface area contributed by atoms with Crippen molar-refractivity contribution in [2.75, 3.05) is 25.5 Å². The summed E-state index contributed by atoms with van der Waals surface area (Å²) in [6.07, 6.45) is 2.53. The predicted octanol–water partition coefficient (Wildman–Crippen LogP) is 0.838. The van der Waals surface area contributed by atoms with Gasteiger partial charge >= 0.3 is 0 Å². The first-order chi connectivity index (χ1) is 15.7. The van der Waals surface area contributed by atoms with Crippen LogP contribution in [0.2, 0.25) is 0 Å². The Hall–Kier alpha value is -3.27. The zero-order valence-corrected chi connectivity index (χ0v) is 18.9. The molecule has 33 heavy (non-hydrogen) atoms. The highest BCUT2D eigenvalue weighted by Crippen LogP contribution is 2.35. The molecule has 2 fully saturated rings. The maximum Gasteiger partial charge on any atom is 0.264 e. The molecule has 176 valence electrons. The van der Waals surface area contributed by atoms with Gasteiger partial charge in [0.05, 0.1) is 11.1 Å². The number of carbonyl (C=O) groups is 5. The first-order valence-electron chi connectivity index (χ1n) is 11.4. The highest BCUT2D eigenvalue weighted by Gasteiger charge is 2.46. The second-order valence-corrected chi connectivity index (χ2v) is 8.98. The second-order valence-electron chi connectivity index (χ2n) is 8.98. The van der Waals surface area contributed by atoms with E-state index in [9.17, 15) is 24.0 Å². The largest absolute Gasteiger partial charge is 0.362 e. The first-order valence-corrected chi connectivity index (χ1v) is 11.4. The van der Waals surface area contributed by atoms with Crippen LogP contribution in [0.5, 0.6) is 0 Å². The SMILES string of the molecule is CCCC(=O)NC1(Nc2cccc3c2C(=O)N(C2CCC(=O)NC2=O)C3=O)CCN(C)CC1. The van der Waals surface area contributed by atoms with E-state index < -0.39 is 35.3 Å². The van der Waals surface area contributed by atoms with Crippen molar-refractivity contribution >= 4 is 35.2 Å². The Bertz CT molecular complexity index is 1010. The van der Waals surface area contributed by atoms with E-state index in [4.69, 9.17) is 0 Å². The normalized spacial score (nSPS) is 22.7. The van der Waals surface area contributed by atoms with Gasteiger partial charge in [0.15, 0.2) is 0 Å². The van der Waals surface area contributed by atoms with E-state index in [1.54, 1.807) is 18.2 Å². The number of fused-ring (bicyclic) bond motifs is 1. The molecule has 3 aliphatic rings. The molecule has 0 spiro atoms. The molecular formula is C23H29N5O5. The van der Waals surface area contributed by atoms with Crippen LogP contribution in [0.3, 0.4) is 0 Å². The summed E-state index contributed by atoms with van der Waals surface area (Å²) in [7, 11) is 2.01. The summed E-state index contributed by atoms with van der Waals surface area (Å²) in [5.41, 5.74) is 0.0918. The van der Waals surface area contributed by atoms with E-state index in [1.807, 2.05) is 14.0 Å². The molecule has 0 aromatic heterocycles. The number of hydrogen-bond acceptors (Lipinski definition) is 7. The van der Waals surface area contributed by atoms with E-state index in [2.05, 4.69) is 20.9 Å². The molecule has 4 rings (SSSR count). The van der Waals surface area contributed by atoms with E-state index >= 15 is 0 Å². The maximum atomic E-state index is 13.4. The molecule has 0 bridgehead atoms. The minimum Gasteiger partial charge on any atom is -0.362 e. The molecule has 3 aliphatic heterocycles. The highest BCUT2D eigenvalue weighted by molar-refractivity contribution is 6.25. The van der Waals surface area contributed by atoms with Crippen LogP contribution in [0.15, 0.2) is 18.2 Å². The molecule has 2 saturated heterocycles. The van der Waals surface area contributed by atoms with Gasteiger partial charge in [-0.25, -0.2) is 0 Å². The van der Waals surface area contributed by atoms with Gasteiger partial charge in [-0.15, -0.1) is 0 Å². The summed E-state index contributed by atoms with van der Waals surface area (Å²) in [6.45, 7) is 3.44. The fourth-order valence-corrected chi connectivity index (χ4v) is 4.71. The van der Waals surface area contributed by atoms with Crippen molar-refractivity contribution in [1.29, 1.82) is 0 Å². The molecule has 10 heteroatoms. The molecule has 5 amide bonds. The molecular weight excluding hydrogens is 426 g/mol. The summed E-state index contributed by atoms with van der Waals surface area (Å²) < 4.78 is 0. The highest BCUT2D eigenvalue weighted by atomic mass is 16.2. The quantitative estimate of drug-likeness (QED) is 0.428. The van der Waals surface area contributed by atoms with Crippen LogP contribution in [0.1, 0.15) is 66.2 Å². The lowest BCUT2D eigenvalue weighted by molar-refractivity contribution is -0.136. The van der Waals surface area contributed by atoms with Crippen LogP contribution in [-0.2, 0) is 14.4 Å². The van der Waals surface area contributed by atoms with Crippen molar-refractivity contribution in [3.8, 4) is 0 Å². The first kappa shape index (κ1) is 22.9. The predicted molar refractivity (Wildman–Crippen MR) is 119 cm³/mol. The number of likely N-dealkylation sites (tertiary alicyclic amines) is 1. The monoisotopic (exact) mass is 455 g/mol. The van der Waals surface area contributed by atoms with Crippen LogP contribution in [0.25, 0.3) is 0 Å². The average Bonchev–Trinajstić information content (AvgIpc) is 3.02. The molecule has 0 radical (unpaired) electrons. The molecule has 1 aromatic rings. The Balaban J connectivity index is 1.64. The summed E-state index contributed by atoms with van der Waals surface area (Å²) in [5, 5.41) is 8.71. The van der Waals surface area contributed by atoms with Gasteiger partial charge in [-0.3, -0.25) is 34.2 Å². The number of carbonyl (C=O) groups excluding carboxylic acids is 5. The molecule has 3 heterocycles. The Morgan fingerprint density at radius 3 is 2.55 bits per heavy atom. The summed E-state index contributed by atoms with van der Waals surface area (Å²) in [6, 6.07) is 3.93. The number of benzene rings is 1. The van der Waals surface area contributed by atoms with Crippen molar-refractivity contribution < 1.29 is 24.0 Å². The fourth-order valence-electron chi connectivity index (χ4n) is 4.71. The zero-order valence-electron chi connectivity index (χ0n) is 18.9. The summed E-state index contributed by atoms with van der Waals surface area (Å²) in [4.78, 5) is 66.0. The number of hydrogen-bond donors (Lipinski definition) is 3. The molecule has 0 aliphatic carbocycles. The van der Waals surface area contributed by atoms with E-state index in [0.717, 1.165) is 24.4 Å². The van der Waals surface area contributed by atoms with Gasteiger partial charge < -0.3 is 15.5 Å². The van der Waals surface area contributed by atoms with Crippen LogP contribution in [-0.4, -0.2) is 71.2 Å². The molecule has 1 aromatic carbocycles. The number of anilines is 1. The molecule has 0 saturated carbocycles. The Labute approximate surface area is 192 Å².